The molecule has 22 heavy (non-hydrogen) atoms. The van der Waals surface area contributed by atoms with Crippen molar-refractivity contribution in [1.29, 1.82) is 0 Å². The zero-order valence-corrected chi connectivity index (χ0v) is 12.4. The molecule has 0 aliphatic rings. The van der Waals surface area contributed by atoms with E-state index in [1.54, 1.807) is 31.2 Å². The Balaban J connectivity index is 2.23. The fourth-order valence-corrected chi connectivity index (χ4v) is 2.57. The van der Waals surface area contributed by atoms with Gasteiger partial charge in [-0.2, -0.15) is 18.4 Å². The Morgan fingerprint density at radius 3 is 2.45 bits per heavy atom. The molecule has 0 aliphatic heterocycles. The second-order valence-corrected chi connectivity index (χ2v) is 6.07. The quantitative estimate of drug-likeness (QED) is 0.519. The molecule has 0 amide bonds. The number of nitrogens with one attached hydrogen (secondary N) is 1. The lowest BCUT2D eigenvalue weighted by Crippen LogP contribution is -2.19. The highest BCUT2D eigenvalue weighted by Gasteiger charge is 2.13. The molecule has 0 saturated heterocycles. The Kier molecular flexibility index (Phi) is 4.52. The van der Waals surface area contributed by atoms with Crippen LogP contribution in [0.4, 0.5) is 5.69 Å². The van der Waals surface area contributed by atoms with Gasteiger partial charge in [-0.3, -0.25) is 10.1 Å². The highest BCUT2D eigenvalue weighted by molar-refractivity contribution is 7.89. The van der Waals surface area contributed by atoms with E-state index in [0.717, 1.165) is 0 Å². The molecule has 2 aromatic carbocycles. The lowest BCUT2D eigenvalue weighted by molar-refractivity contribution is -0.384. The summed E-state index contributed by atoms with van der Waals surface area (Å²) in [6.07, 6.45) is 0. The van der Waals surface area contributed by atoms with Gasteiger partial charge in [0.1, 0.15) is 0 Å². The van der Waals surface area contributed by atoms with Crippen molar-refractivity contribution < 1.29 is 13.3 Å². The zero-order valence-electron chi connectivity index (χ0n) is 11.6. The van der Waals surface area contributed by atoms with E-state index in [2.05, 4.69) is 9.93 Å². The summed E-state index contributed by atoms with van der Waals surface area (Å²) in [5.41, 5.74) is 0.700. The summed E-state index contributed by atoms with van der Waals surface area (Å²) >= 11 is 0. The van der Waals surface area contributed by atoms with Gasteiger partial charge >= 0.3 is 0 Å². The van der Waals surface area contributed by atoms with Gasteiger partial charge in [-0.05, 0) is 19.1 Å². The molecule has 0 saturated carbocycles. The summed E-state index contributed by atoms with van der Waals surface area (Å²) in [6, 6.07) is 13.6. The van der Waals surface area contributed by atoms with Crippen LogP contribution >= 0.6 is 0 Å². The molecule has 7 nitrogen and oxygen atoms in total. The predicted molar refractivity (Wildman–Crippen MR) is 82.1 cm³/mol. The van der Waals surface area contributed by atoms with Crippen LogP contribution in [0.2, 0.25) is 0 Å². The van der Waals surface area contributed by atoms with E-state index in [-0.39, 0.29) is 10.6 Å². The van der Waals surface area contributed by atoms with Crippen molar-refractivity contribution in [2.24, 2.45) is 5.10 Å². The van der Waals surface area contributed by atoms with Gasteiger partial charge in [0.25, 0.3) is 15.7 Å². The number of hydrazone groups is 1. The molecule has 0 aromatic heterocycles. The molecule has 0 atom stereocenters. The molecule has 0 bridgehead atoms. The van der Waals surface area contributed by atoms with Crippen LogP contribution in [0.25, 0.3) is 0 Å². The van der Waals surface area contributed by atoms with Crippen LogP contribution in [0.5, 0.6) is 0 Å². The summed E-state index contributed by atoms with van der Waals surface area (Å²) in [5.74, 6) is 0. The fourth-order valence-electron chi connectivity index (χ4n) is 1.69. The Morgan fingerprint density at radius 1 is 1.14 bits per heavy atom. The van der Waals surface area contributed by atoms with Crippen LogP contribution < -0.4 is 4.83 Å². The summed E-state index contributed by atoms with van der Waals surface area (Å²) < 4.78 is 24.0. The first-order valence-corrected chi connectivity index (χ1v) is 7.74. The van der Waals surface area contributed by atoms with E-state index >= 15 is 0 Å². The van der Waals surface area contributed by atoms with Crippen molar-refractivity contribution in [2.45, 2.75) is 11.8 Å². The lowest BCUT2D eigenvalue weighted by Gasteiger charge is -2.05. The first-order valence-electron chi connectivity index (χ1n) is 6.26. The van der Waals surface area contributed by atoms with Crippen LogP contribution in [0.3, 0.4) is 0 Å². The topological polar surface area (TPSA) is 102 Å². The monoisotopic (exact) mass is 319 g/mol. The van der Waals surface area contributed by atoms with Crippen molar-refractivity contribution in [3.05, 3.63) is 70.3 Å². The maximum atomic E-state index is 12.0. The molecule has 2 aromatic rings. The molecule has 0 heterocycles. The van der Waals surface area contributed by atoms with Gasteiger partial charge in [0, 0.05) is 17.7 Å². The number of hydrogen-bond donors (Lipinski definition) is 1. The number of sulfonamides is 1. The van der Waals surface area contributed by atoms with Gasteiger partial charge in [0.15, 0.2) is 0 Å². The highest BCUT2D eigenvalue weighted by atomic mass is 32.2. The van der Waals surface area contributed by atoms with E-state index in [0.29, 0.717) is 11.3 Å². The molecule has 0 fully saturated rings. The molecular formula is C14H13N3O4S. The molecule has 1 N–H and O–H groups in total. The average molecular weight is 319 g/mol. The normalized spacial score (nSPS) is 12.0. The fraction of sp³-hybridized carbons (Fsp3) is 0.0714. The average Bonchev–Trinajstić information content (AvgIpc) is 2.53. The number of hydrogen-bond acceptors (Lipinski definition) is 5. The van der Waals surface area contributed by atoms with Crippen molar-refractivity contribution in [1.82, 2.24) is 4.83 Å². The Labute approximate surface area is 127 Å². The summed E-state index contributed by atoms with van der Waals surface area (Å²) in [4.78, 5) is 12.4. The van der Waals surface area contributed by atoms with Crippen molar-refractivity contribution >= 4 is 21.4 Å². The van der Waals surface area contributed by atoms with E-state index in [1.807, 2.05) is 0 Å². The van der Waals surface area contributed by atoms with Crippen LogP contribution in [-0.2, 0) is 10.0 Å². The number of rotatable bonds is 5. The Morgan fingerprint density at radius 2 is 1.82 bits per heavy atom. The molecule has 0 radical (unpaired) electrons. The number of nitrogens with zero attached hydrogens (tertiary/aromatic N) is 2. The van der Waals surface area contributed by atoms with Gasteiger partial charge in [-0.25, -0.2) is 0 Å². The molecule has 0 unspecified atom stereocenters. The van der Waals surface area contributed by atoms with Crippen LogP contribution in [0, 0.1) is 10.1 Å². The summed E-state index contributed by atoms with van der Waals surface area (Å²) in [6.45, 7) is 1.56. The minimum Gasteiger partial charge on any atom is -0.258 e. The molecule has 0 aliphatic carbocycles. The largest absolute Gasteiger partial charge is 0.276 e. The smallest absolute Gasteiger partial charge is 0.258 e. The third-order valence-electron chi connectivity index (χ3n) is 2.86. The van der Waals surface area contributed by atoms with E-state index in [4.69, 9.17) is 0 Å². The molecule has 114 valence electrons. The zero-order chi connectivity index (χ0) is 16.2. The minimum absolute atomic E-state index is 0.0852. The van der Waals surface area contributed by atoms with Gasteiger partial charge in [-0.1, -0.05) is 30.3 Å². The predicted octanol–water partition coefficient (Wildman–Crippen LogP) is 2.30. The number of nitro benzene ring substituents is 1. The third kappa shape index (κ3) is 3.67. The summed E-state index contributed by atoms with van der Waals surface area (Å²) in [5, 5.41) is 14.5. The number of non-ortho nitro benzene ring substituents is 1. The maximum absolute atomic E-state index is 12.0. The van der Waals surface area contributed by atoms with Crippen LogP contribution in [-0.4, -0.2) is 19.1 Å². The van der Waals surface area contributed by atoms with Crippen LogP contribution in [0.15, 0.2) is 64.6 Å². The molecule has 8 heteroatoms. The molecule has 2 rings (SSSR count). The van der Waals surface area contributed by atoms with Gasteiger partial charge in [0.05, 0.1) is 15.5 Å². The van der Waals surface area contributed by atoms with E-state index in [1.165, 1.54) is 30.3 Å². The van der Waals surface area contributed by atoms with Gasteiger partial charge < -0.3 is 0 Å². The maximum Gasteiger partial charge on any atom is 0.276 e. The second kappa shape index (κ2) is 6.35. The first kappa shape index (κ1) is 15.6. The van der Waals surface area contributed by atoms with E-state index in [9.17, 15) is 18.5 Å². The minimum atomic E-state index is -3.76. The van der Waals surface area contributed by atoms with Crippen molar-refractivity contribution in [3.63, 3.8) is 0 Å². The Bertz CT molecular complexity index is 817. The van der Waals surface area contributed by atoms with Crippen LogP contribution in [0.1, 0.15) is 12.5 Å². The number of benzene rings is 2. The standard InChI is InChI=1S/C14H13N3O4S/c1-11(12-6-5-7-13(10-12)17(18)19)15-16-22(20,21)14-8-3-2-4-9-14/h2-10,16H,1H3/b15-11-. The van der Waals surface area contributed by atoms with Crippen molar-refractivity contribution in [3.8, 4) is 0 Å². The van der Waals surface area contributed by atoms with Crippen molar-refractivity contribution in [2.75, 3.05) is 0 Å². The lowest BCUT2D eigenvalue weighted by atomic mass is 10.1. The highest BCUT2D eigenvalue weighted by Crippen LogP contribution is 2.14. The van der Waals surface area contributed by atoms with Gasteiger partial charge in [0.2, 0.25) is 0 Å². The SMILES string of the molecule is C/C(=N/NS(=O)(=O)c1ccccc1)c1cccc([N+](=O)[O-])c1. The second-order valence-electron chi connectivity index (χ2n) is 4.41. The van der Waals surface area contributed by atoms with E-state index < -0.39 is 14.9 Å². The summed E-state index contributed by atoms with van der Waals surface area (Å²) in [7, 11) is -3.76. The van der Waals surface area contributed by atoms with Gasteiger partial charge in [-0.15, -0.1) is 0 Å². The third-order valence-corrected chi connectivity index (χ3v) is 4.09. The Hall–Kier alpha value is -2.74. The molecule has 0 spiro atoms. The first-order chi connectivity index (χ1) is 10.4. The molecular weight excluding hydrogens is 306 g/mol. The number of nitro groups is 1.